The van der Waals surface area contributed by atoms with Crippen molar-refractivity contribution in [3.8, 4) is 0 Å². The van der Waals surface area contributed by atoms with Crippen molar-refractivity contribution in [2.24, 2.45) is 5.92 Å². The molecule has 110 valence electrons. The highest BCUT2D eigenvalue weighted by atomic mass is 16.4. The largest absolute Gasteiger partial charge is 0.481 e. The summed E-state index contributed by atoms with van der Waals surface area (Å²) in [5.74, 6) is -1.48. The Bertz CT molecular complexity index is 316. The number of aliphatic carboxylic acids is 1. The van der Waals surface area contributed by atoms with E-state index in [1.54, 1.807) is 25.8 Å². The number of nitrogens with one attached hydrogen (secondary N) is 1. The van der Waals surface area contributed by atoms with Gasteiger partial charge in [0.25, 0.3) is 0 Å². The molecule has 1 heterocycles. The van der Waals surface area contributed by atoms with Crippen LogP contribution in [0.4, 0.5) is 4.79 Å². The van der Waals surface area contributed by atoms with Crippen LogP contribution in [0.25, 0.3) is 0 Å². The highest BCUT2D eigenvalue weighted by molar-refractivity contribution is 5.76. The lowest BCUT2D eigenvalue weighted by atomic mass is 10.0. The Morgan fingerprint density at radius 3 is 2.42 bits per heavy atom. The van der Waals surface area contributed by atoms with Gasteiger partial charge in [-0.25, -0.2) is 4.79 Å². The number of nitrogens with zero attached hydrogens (tertiary/aromatic N) is 2. The van der Waals surface area contributed by atoms with Crippen molar-refractivity contribution >= 4 is 12.0 Å². The van der Waals surface area contributed by atoms with Crippen LogP contribution in [0, 0.1) is 5.92 Å². The molecule has 1 aliphatic rings. The maximum absolute atomic E-state index is 11.9. The van der Waals surface area contributed by atoms with E-state index < -0.39 is 11.9 Å². The molecule has 0 aromatic rings. The molecule has 6 nitrogen and oxygen atoms in total. The number of hydrogen-bond acceptors (Lipinski definition) is 3. The summed E-state index contributed by atoms with van der Waals surface area (Å²) in [6.45, 7) is 7.08. The molecule has 1 saturated heterocycles. The van der Waals surface area contributed by atoms with Crippen molar-refractivity contribution in [1.82, 2.24) is 15.1 Å². The minimum Gasteiger partial charge on any atom is -0.481 e. The number of urea groups is 1. The van der Waals surface area contributed by atoms with Crippen LogP contribution in [0.3, 0.4) is 0 Å². The molecule has 0 saturated carbocycles. The van der Waals surface area contributed by atoms with Crippen LogP contribution in [-0.2, 0) is 4.79 Å². The minimum absolute atomic E-state index is 0.209. The first-order chi connectivity index (χ1) is 8.91. The van der Waals surface area contributed by atoms with Crippen molar-refractivity contribution < 1.29 is 14.7 Å². The van der Waals surface area contributed by atoms with Crippen LogP contribution in [0.1, 0.15) is 26.7 Å². The van der Waals surface area contributed by atoms with Crippen LogP contribution >= 0.6 is 0 Å². The number of likely N-dealkylation sites (tertiary alicyclic amines) is 1. The fourth-order valence-corrected chi connectivity index (χ4v) is 2.04. The first kappa shape index (κ1) is 15.8. The molecule has 1 rings (SSSR count). The molecule has 0 spiro atoms. The van der Waals surface area contributed by atoms with Crippen LogP contribution in [0.5, 0.6) is 0 Å². The monoisotopic (exact) mass is 271 g/mol. The SMILES string of the molecule is CC(NC(=O)N(C)CCN1CCCC1)C(C)C(=O)O. The molecular formula is C13H25N3O3. The van der Waals surface area contributed by atoms with E-state index in [9.17, 15) is 9.59 Å². The molecule has 1 aliphatic heterocycles. The van der Waals surface area contributed by atoms with Crippen LogP contribution < -0.4 is 5.32 Å². The Kier molecular flexibility index (Phi) is 6.08. The van der Waals surface area contributed by atoms with E-state index in [1.165, 1.54) is 12.8 Å². The third-order valence-electron chi connectivity index (χ3n) is 3.79. The third-order valence-corrected chi connectivity index (χ3v) is 3.79. The molecule has 0 aromatic carbocycles. The van der Waals surface area contributed by atoms with Crippen molar-refractivity contribution in [3.63, 3.8) is 0 Å². The molecule has 2 unspecified atom stereocenters. The first-order valence-electron chi connectivity index (χ1n) is 6.88. The van der Waals surface area contributed by atoms with Gasteiger partial charge in [-0.1, -0.05) is 0 Å². The number of amides is 2. The van der Waals surface area contributed by atoms with Crippen molar-refractivity contribution in [2.45, 2.75) is 32.7 Å². The summed E-state index contributed by atoms with van der Waals surface area (Å²) in [5, 5.41) is 11.6. The summed E-state index contributed by atoms with van der Waals surface area (Å²) in [4.78, 5) is 26.7. The van der Waals surface area contributed by atoms with E-state index in [2.05, 4.69) is 10.2 Å². The zero-order chi connectivity index (χ0) is 14.4. The Balaban J connectivity index is 2.29. The van der Waals surface area contributed by atoms with E-state index in [0.29, 0.717) is 6.54 Å². The van der Waals surface area contributed by atoms with Gasteiger partial charge in [-0.3, -0.25) is 4.79 Å². The fourth-order valence-electron chi connectivity index (χ4n) is 2.04. The molecule has 2 amide bonds. The number of rotatable bonds is 6. The van der Waals surface area contributed by atoms with Gasteiger partial charge >= 0.3 is 12.0 Å². The van der Waals surface area contributed by atoms with Crippen molar-refractivity contribution in [3.05, 3.63) is 0 Å². The Morgan fingerprint density at radius 2 is 1.89 bits per heavy atom. The lowest BCUT2D eigenvalue weighted by Crippen LogP contribution is -2.47. The number of carboxylic acids is 1. The predicted octanol–water partition coefficient (Wildman–Crippen LogP) is 0.833. The van der Waals surface area contributed by atoms with Crippen molar-refractivity contribution in [2.75, 3.05) is 33.2 Å². The van der Waals surface area contributed by atoms with Crippen LogP contribution in [0.15, 0.2) is 0 Å². The number of carbonyl (C=O) groups excluding carboxylic acids is 1. The van der Waals surface area contributed by atoms with E-state index in [0.717, 1.165) is 19.6 Å². The number of hydrogen-bond donors (Lipinski definition) is 2. The number of carbonyl (C=O) groups is 2. The maximum Gasteiger partial charge on any atom is 0.317 e. The lowest BCUT2D eigenvalue weighted by molar-refractivity contribution is -0.141. The van der Waals surface area contributed by atoms with Gasteiger partial charge in [0.05, 0.1) is 5.92 Å². The second kappa shape index (κ2) is 7.33. The highest BCUT2D eigenvalue weighted by Crippen LogP contribution is 2.07. The molecule has 0 radical (unpaired) electrons. The van der Waals surface area contributed by atoms with Gasteiger partial charge in [-0.2, -0.15) is 0 Å². The predicted molar refractivity (Wildman–Crippen MR) is 73.1 cm³/mol. The van der Waals surface area contributed by atoms with E-state index >= 15 is 0 Å². The molecule has 0 bridgehead atoms. The van der Waals surface area contributed by atoms with E-state index in [4.69, 9.17) is 5.11 Å². The summed E-state index contributed by atoms with van der Waals surface area (Å²) in [6, 6.07) is -0.584. The van der Waals surface area contributed by atoms with Gasteiger partial charge in [-0.05, 0) is 39.8 Å². The molecule has 2 atom stereocenters. The summed E-state index contributed by atoms with van der Waals surface area (Å²) in [5.41, 5.74) is 0. The third kappa shape index (κ3) is 5.06. The molecule has 0 aromatic heterocycles. The lowest BCUT2D eigenvalue weighted by Gasteiger charge is -2.25. The number of carboxylic acid groups (broad SMARTS) is 1. The molecular weight excluding hydrogens is 246 g/mol. The van der Waals surface area contributed by atoms with E-state index in [1.807, 2.05) is 0 Å². The molecule has 1 fully saturated rings. The smallest absolute Gasteiger partial charge is 0.317 e. The second-order valence-corrected chi connectivity index (χ2v) is 5.34. The molecule has 2 N–H and O–H groups in total. The standard InChI is InChI=1S/C13H25N3O3/c1-10(12(17)18)11(2)14-13(19)15(3)8-9-16-6-4-5-7-16/h10-11H,4-9H2,1-3H3,(H,14,19)(H,17,18). The van der Waals surface area contributed by atoms with Crippen LogP contribution in [0.2, 0.25) is 0 Å². The Labute approximate surface area is 114 Å². The van der Waals surface area contributed by atoms with Gasteiger partial charge in [-0.15, -0.1) is 0 Å². The summed E-state index contributed by atoms with van der Waals surface area (Å²) in [7, 11) is 1.74. The first-order valence-corrected chi connectivity index (χ1v) is 6.88. The summed E-state index contributed by atoms with van der Waals surface area (Å²) in [6.07, 6.45) is 2.48. The zero-order valence-corrected chi connectivity index (χ0v) is 12.1. The quantitative estimate of drug-likeness (QED) is 0.750. The molecule has 0 aliphatic carbocycles. The number of likely N-dealkylation sites (N-methyl/N-ethyl adjacent to an activating group) is 1. The Morgan fingerprint density at radius 1 is 1.32 bits per heavy atom. The summed E-state index contributed by atoms with van der Waals surface area (Å²) < 4.78 is 0. The second-order valence-electron chi connectivity index (χ2n) is 5.34. The molecule has 19 heavy (non-hydrogen) atoms. The normalized spacial score (nSPS) is 18.9. The van der Waals surface area contributed by atoms with E-state index in [-0.39, 0.29) is 12.1 Å². The molecule has 6 heteroatoms. The van der Waals surface area contributed by atoms with Crippen molar-refractivity contribution in [1.29, 1.82) is 0 Å². The van der Waals surface area contributed by atoms with Gasteiger partial charge in [0.1, 0.15) is 0 Å². The highest BCUT2D eigenvalue weighted by Gasteiger charge is 2.22. The maximum atomic E-state index is 11.9. The van der Waals surface area contributed by atoms with Gasteiger partial charge < -0.3 is 20.2 Å². The van der Waals surface area contributed by atoms with Crippen LogP contribution in [-0.4, -0.2) is 66.2 Å². The Hall–Kier alpha value is -1.30. The average molecular weight is 271 g/mol. The zero-order valence-electron chi connectivity index (χ0n) is 12.1. The van der Waals surface area contributed by atoms with Gasteiger partial charge in [0, 0.05) is 26.2 Å². The van der Waals surface area contributed by atoms with Gasteiger partial charge in [0.15, 0.2) is 0 Å². The average Bonchev–Trinajstić information content (AvgIpc) is 2.87. The fraction of sp³-hybridized carbons (Fsp3) is 0.846. The minimum atomic E-state index is -0.896. The topological polar surface area (TPSA) is 72.9 Å². The van der Waals surface area contributed by atoms with Gasteiger partial charge in [0.2, 0.25) is 0 Å². The summed E-state index contributed by atoms with van der Waals surface area (Å²) >= 11 is 0.